The number of thiophene rings is 1. The predicted molar refractivity (Wildman–Crippen MR) is 67.5 cm³/mol. The van der Waals surface area contributed by atoms with Gasteiger partial charge in [-0.05, 0) is 23.6 Å². The molecule has 1 N–H and O–H groups in total. The molecule has 0 amide bonds. The Bertz CT molecular complexity index is 605. The fourth-order valence-corrected chi connectivity index (χ4v) is 3.16. The van der Waals surface area contributed by atoms with E-state index in [-0.39, 0.29) is 5.38 Å². The van der Waals surface area contributed by atoms with E-state index in [9.17, 15) is 4.79 Å². The average Bonchev–Trinajstić information content (AvgIpc) is 2.70. The van der Waals surface area contributed by atoms with Crippen LogP contribution in [-0.2, 0) is 0 Å². The van der Waals surface area contributed by atoms with Crippen LogP contribution in [0.3, 0.4) is 0 Å². The van der Waals surface area contributed by atoms with E-state index in [4.69, 9.17) is 21.4 Å². The molecule has 2 heterocycles. The maximum absolute atomic E-state index is 10.9. The van der Waals surface area contributed by atoms with Crippen LogP contribution in [0.4, 0.5) is 0 Å². The summed E-state index contributed by atoms with van der Waals surface area (Å²) in [5, 5.41) is 9.83. The van der Waals surface area contributed by atoms with Gasteiger partial charge in [0, 0.05) is 16.7 Å². The normalized spacial score (nSPS) is 18.8. The lowest BCUT2D eigenvalue weighted by Crippen LogP contribution is -2.10. The van der Waals surface area contributed by atoms with Gasteiger partial charge >= 0.3 is 5.97 Å². The lowest BCUT2D eigenvalue weighted by atomic mass is 10.0. The van der Waals surface area contributed by atoms with Crippen molar-refractivity contribution in [2.75, 3.05) is 6.61 Å². The largest absolute Gasteiger partial charge is 0.493 e. The van der Waals surface area contributed by atoms with Gasteiger partial charge in [0.25, 0.3) is 0 Å². The predicted octanol–water partition coefficient (Wildman–Crippen LogP) is 3.66. The Kier molecular flexibility index (Phi) is 2.49. The highest BCUT2D eigenvalue weighted by atomic mass is 35.5. The first kappa shape index (κ1) is 10.9. The molecule has 5 heteroatoms. The van der Waals surface area contributed by atoms with Crippen LogP contribution in [0.1, 0.15) is 27.0 Å². The molecule has 1 atom stereocenters. The van der Waals surface area contributed by atoms with Gasteiger partial charge in [0.15, 0.2) is 0 Å². The van der Waals surface area contributed by atoms with Crippen LogP contribution < -0.4 is 4.74 Å². The molecule has 88 valence electrons. The second-order valence-electron chi connectivity index (χ2n) is 3.95. The summed E-state index contributed by atoms with van der Waals surface area (Å²) in [6.07, 6.45) is 0.788. The third kappa shape index (κ3) is 1.77. The Morgan fingerprint density at radius 1 is 1.47 bits per heavy atom. The molecular formula is C12H9ClO3S. The Morgan fingerprint density at radius 2 is 2.29 bits per heavy atom. The summed E-state index contributed by atoms with van der Waals surface area (Å²) >= 11 is 7.48. The zero-order chi connectivity index (χ0) is 12.0. The molecule has 1 aromatic carbocycles. The number of aromatic carboxylic acids is 1. The topological polar surface area (TPSA) is 46.5 Å². The molecule has 1 aromatic heterocycles. The van der Waals surface area contributed by atoms with Crippen molar-refractivity contribution in [3.8, 4) is 5.75 Å². The monoisotopic (exact) mass is 268 g/mol. The van der Waals surface area contributed by atoms with E-state index < -0.39 is 5.97 Å². The quantitative estimate of drug-likeness (QED) is 0.803. The molecule has 0 radical (unpaired) electrons. The van der Waals surface area contributed by atoms with Crippen molar-refractivity contribution in [1.29, 1.82) is 0 Å². The number of carboxylic acids is 1. The molecule has 0 saturated carbocycles. The molecule has 1 aliphatic rings. The van der Waals surface area contributed by atoms with Crippen LogP contribution in [0.2, 0.25) is 0 Å². The molecular weight excluding hydrogens is 260 g/mol. The highest BCUT2D eigenvalue weighted by molar-refractivity contribution is 7.20. The van der Waals surface area contributed by atoms with Crippen LogP contribution in [0.25, 0.3) is 10.1 Å². The first-order valence-electron chi connectivity index (χ1n) is 5.23. The van der Waals surface area contributed by atoms with Crippen LogP contribution in [0.5, 0.6) is 5.75 Å². The summed E-state index contributed by atoms with van der Waals surface area (Å²) in [4.78, 5) is 11.3. The smallest absolute Gasteiger partial charge is 0.345 e. The van der Waals surface area contributed by atoms with E-state index in [0.29, 0.717) is 11.5 Å². The lowest BCUT2D eigenvalue weighted by molar-refractivity contribution is 0.0702. The SMILES string of the molecule is O=C(O)c1cc2cc3c(cc2s1)OCCC3Cl. The number of benzene rings is 1. The maximum atomic E-state index is 10.9. The van der Waals surface area contributed by atoms with E-state index in [2.05, 4.69) is 0 Å². The standard InChI is InChI=1S/C12H9ClO3S/c13-8-1-2-16-9-5-10-6(3-7(8)9)4-11(17-10)12(14)15/h3-5,8H,1-2H2,(H,14,15). The minimum absolute atomic E-state index is 0.0451. The van der Waals surface area contributed by atoms with Crippen molar-refractivity contribution in [3.63, 3.8) is 0 Å². The number of hydrogen-bond donors (Lipinski definition) is 1. The molecule has 2 aromatic rings. The van der Waals surface area contributed by atoms with Crippen LogP contribution in [0.15, 0.2) is 18.2 Å². The Labute approximate surface area is 107 Å². The molecule has 17 heavy (non-hydrogen) atoms. The van der Waals surface area contributed by atoms with Crippen molar-refractivity contribution in [3.05, 3.63) is 28.6 Å². The van der Waals surface area contributed by atoms with E-state index >= 15 is 0 Å². The van der Waals surface area contributed by atoms with Crippen LogP contribution in [0, 0.1) is 0 Å². The van der Waals surface area contributed by atoms with E-state index in [1.165, 1.54) is 11.3 Å². The summed E-state index contributed by atoms with van der Waals surface area (Å²) in [6.45, 7) is 0.615. The van der Waals surface area contributed by atoms with Gasteiger partial charge in [-0.15, -0.1) is 22.9 Å². The molecule has 3 rings (SSSR count). The van der Waals surface area contributed by atoms with Gasteiger partial charge in [-0.25, -0.2) is 4.79 Å². The second kappa shape index (κ2) is 3.89. The Morgan fingerprint density at radius 3 is 3.06 bits per heavy atom. The van der Waals surface area contributed by atoms with Crippen molar-refractivity contribution < 1.29 is 14.6 Å². The fourth-order valence-electron chi connectivity index (χ4n) is 1.99. The number of carbonyl (C=O) groups is 1. The Hall–Kier alpha value is -1.26. The first-order valence-corrected chi connectivity index (χ1v) is 6.48. The summed E-state index contributed by atoms with van der Waals surface area (Å²) in [5.74, 6) is -0.116. The summed E-state index contributed by atoms with van der Waals surface area (Å²) in [7, 11) is 0. The van der Waals surface area contributed by atoms with Gasteiger partial charge in [0.1, 0.15) is 10.6 Å². The second-order valence-corrected chi connectivity index (χ2v) is 5.56. The van der Waals surface area contributed by atoms with Gasteiger partial charge < -0.3 is 9.84 Å². The van der Waals surface area contributed by atoms with Crippen molar-refractivity contribution >= 4 is 39.0 Å². The van der Waals surface area contributed by atoms with Gasteiger partial charge in [0.05, 0.1) is 12.0 Å². The molecule has 1 unspecified atom stereocenters. The number of rotatable bonds is 1. The number of ether oxygens (including phenoxy) is 1. The summed E-state index contributed by atoms with van der Waals surface area (Å²) < 4.78 is 6.47. The minimum Gasteiger partial charge on any atom is -0.493 e. The van der Waals surface area contributed by atoms with Crippen molar-refractivity contribution in [1.82, 2.24) is 0 Å². The highest BCUT2D eigenvalue weighted by Gasteiger charge is 2.21. The van der Waals surface area contributed by atoms with Gasteiger partial charge in [0.2, 0.25) is 0 Å². The highest BCUT2D eigenvalue weighted by Crippen LogP contribution is 2.40. The van der Waals surface area contributed by atoms with Gasteiger partial charge in [-0.3, -0.25) is 0 Å². The van der Waals surface area contributed by atoms with Crippen molar-refractivity contribution in [2.24, 2.45) is 0 Å². The molecule has 0 bridgehead atoms. The zero-order valence-electron chi connectivity index (χ0n) is 8.77. The van der Waals surface area contributed by atoms with E-state index in [1.807, 2.05) is 12.1 Å². The first-order chi connectivity index (χ1) is 8.15. The third-order valence-corrected chi connectivity index (χ3v) is 4.37. The van der Waals surface area contributed by atoms with Gasteiger partial charge in [-0.1, -0.05) is 0 Å². The molecule has 1 aliphatic heterocycles. The number of hydrogen-bond acceptors (Lipinski definition) is 3. The van der Waals surface area contributed by atoms with E-state index in [0.717, 1.165) is 27.8 Å². The average molecular weight is 269 g/mol. The van der Waals surface area contributed by atoms with Crippen molar-refractivity contribution in [2.45, 2.75) is 11.8 Å². The summed E-state index contributed by atoms with van der Waals surface area (Å²) in [6, 6.07) is 5.50. The summed E-state index contributed by atoms with van der Waals surface area (Å²) in [5.41, 5.74) is 0.958. The number of fused-ring (bicyclic) bond motifs is 2. The molecule has 3 nitrogen and oxygen atoms in total. The lowest BCUT2D eigenvalue weighted by Gasteiger charge is -2.21. The fraction of sp³-hybridized carbons (Fsp3) is 0.250. The number of alkyl halides is 1. The number of halogens is 1. The van der Waals surface area contributed by atoms with Gasteiger partial charge in [-0.2, -0.15) is 0 Å². The molecule has 0 saturated heterocycles. The molecule has 0 spiro atoms. The minimum atomic E-state index is -0.896. The molecule has 0 aliphatic carbocycles. The third-order valence-electron chi connectivity index (χ3n) is 2.83. The van der Waals surface area contributed by atoms with E-state index in [1.54, 1.807) is 6.07 Å². The Balaban J connectivity index is 2.21. The molecule has 0 fully saturated rings. The van der Waals surface area contributed by atoms with Crippen LogP contribution >= 0.6 is 22.9 Å². The number of carboxylic acid groups (broad SMARTS) is 1. The maximum Gasteiger partial charge on any atom is 0.345 e. The zero-order valence-corrected chi connectivity index (χ0v) is 10.3. The van der Waals surface area contributed by atoms with Crippen LogP contribution in [-0.4, -0.2) is 17.7 Å².